The minimum Gasteiger partial charge on any atom is -0.264 e. The molecule has 0 bridgehead atoms. The highest BCUT2D eigenvalue weighted by molar-refractivity contribution is 7.26. The molecule has 4 nitrogen and oxygen atoms in total. The number of aryl methyl sites for hydroxylation is 1. The zero-order valence-electron chi connectivity index (χ0n) is 30.8. The van der Waals surface area contributed by atoms with Crippen molar-refractivity contribution in [3.05, 3.63) is 182 Å². The van der Waals surface area contributed by atoms with Crippen LogP contribution in [0.25, 0.3) is 108 Å². The van der Waals surface area contributed by atoms with Crippen molar-refractivity contribution in [2.45, 2.75) is 6.92 Å². The molecule has 4 aromatic heterocycles. The highest BCUT2D eigenvalue weighted by Crippen LogP contribution is 2.45. The molecule has 57 heavy (non-hydrogen) atoms. The number of fused-ring (bicyclic) bond motifs is 6. The molecule has 0 saturated carbocycles. The zero-order chi connectivity index (χ0) is 37.9. The second-order valence-corrected chi connectivity index (χ2v) is 16.4. The van der Waals surface area contributed by atoms with Gasteiger partial charge in [-0.05, 0) is 82.8 Å². The summed E-state index contributed by atoms with van der Waals surface area (Å²) in [5, 5.41) is 5.10. The van der Waals surface area contributed by atoms with Crippen LogP contribution in [0.2, 0.25) is 0 Å². The maximum absolute atomic E-state index is 5.28. The standard InChI is InChI=1S/C51H32N4S2/c1-31-26-33(23-24-38(31)34-14-11-25-52-30-34)50-53-49(32-12-3-2-4-13-32)54-51(55-50)37-28-35(39-17-9-19-43-41-15-5-7-21-45(41)56-47(39)43)27-36(29-37)40-18-10-20-44-42-16-6-8-22-46(42)57-48(40)44/h2-30H,1H3. The predicted octanol–water partition coefficient (Wildman–Crippen LogP) is 14.3. The molecule has 0 amide bonds. The van der Waals surface area contributed by atoms with Crippen molar-refractivity contribution in [2.24, 2.45) is 0 Å². The third kappa shape index (κ3) is 5.89. The highest BCUT2D eigenvalue weighted by atomic mass is 32.1. The molecule has 0 atom stereocenters. The molecule has 7 aromatic carbocycles. The van der Waals surface area contributed by atoms with Crippen LogP contribution in [0.15, 0.2) is 176 Å². The topological polar surface area (TPSA) is 51.6 Å². The molecule has 0 aliphatic rings. The molecule has 0 spiro atoms. The van der Waals surface area contributed by atoms with Gasteiger partial charge in [-0.3, -0.25) is 4.98 Å². The fourth-order valence-electron chi connectivity index (χ4n) is 8.02. The van der Waals surface area contributed by atoms with E-state index in [-0.39, 0.29) is 0 Å². The van der Waals surface area contributed by atoms with E-state index in [0.29, 0.717) is 17.5 Å². The molecule has 0 saturated heterocycles. The average molecular weight is 765 g/mol. The highest BCUT2D eigenvalue weighted by Gasteiger charge is 2.19. The van der Waals surface area contributed by atoms with Crippen molar-refractivity contribution < 1.29 is 0 Å². The lowest BCUT2D eigenvalue weighted by molar-refractivity contribution is 1.07. The Kier molecular flexibility index (Phi) is 8.05. The van der Waals surface area contributed by atoms with Gasteiger partial charge in [0, 0.05) is 75.0 Å². The number of aromatic nitrogens is 4. The summed E-state index contributed by atoms with van der Waals surface area (Å²) < 4.78 is 5.11. The first kappa shape index (κ1) is 33.5. The Morgan fingerprint density at radius 2 is 0.895 bits per heavy atom. The maximum Gasteiger partial charge on any atom is 0.164 e. The predicted molar refractivity (Wildman–Crippen MR) is 241 cm³/mol. The van der Waals surface area contributed by atoms with Gasteiger partial charge in [0.2, 0.25) is 0 Å². The number of thiophene rings is 2. The van der Waals surface area contributed by atoms with Crippen molar-refractivity contribution in [1.29, 1.82) is 0 Å². The van der Waals surface area contributed by atoms with Gasteiger partial charge in [0.1, 0.15) is 0 Å². The molecule has 0 unspecified atom stereocenters. The number of benzene rings is 7. The Bertz CT molecular complexity index is 3180. The number of nitrogens with zero attached hydrogens (tertiary/aromatic N) is 4. The van der Waals surface area contributed by atoms with Crippen LogP contribution in [0.3, 0.4) is 0 Å². The van der Waals surface area contributed by atoms with Gasteiger partial charge in [0.05, 0.1) is 0 Å². The van der Waals surface area contributed by atoms with Gasteiger partial charge in [-0.25, -0.2) is 15.0 Å². The van der Waals surface area contributed by atoms with Crippen LogP contribution in [0.4, 0.5) is 0 Å². The lowest BCUT2D eigenvalue weighted by atomic mass is 9.94. The van der Waals surface area contributed by atoms with Crippen LogP contribution in [-0.2, 0) is 0 Å². The largest absolute Gasteiger partial charge is 0.264 e. The Balaban J connectivity index is 1.16. The van der Waals surface area contributed by atoms with Gasteiger partial charge < -0.3 is 0 Å². The number of hydrogen-bond donors (Lipinski definition) is 0. The van der Waals surface area contributed by atoms with Crippen molar-refractivity contribution in [1.82, 2.24) is 19.9 Å². The van der Waals surface area contributed by atoms with Gasteiger partial charge in [0.15, 0.2) is 17.5 Å². The first-order valence-corrected chi connectivity index (χ1v) is 20.6. The first-order valence-electron chi connectivity index (χ1n) is 18.9. The minimum absolute atomic E-state index is 0.628. The van der Waals surface area contributed by atoms with Crippen LogP contribution in [0, 0.1) is 6.92 Å². The Labute approximate surface area is 337 Å². The molecule has 0 aliphatic carbocycles. The summed E-state index contributed by atoms with van der Waals surface area (Å²) in [4.78, 5) is 20.0. The summed E-state index contributed by atoms with van der Waals surface area (Å²) in [5.41, 5.74) is 10.8. The molecular formula is C51H32N4S2. The van der Waals surface area contributed by atoms with Crippen LogP contribution in [0.1, 0.15) is 5.56 Å². The molecule has 4 heterocycles. The average Bonchev–Trinajstić information content (AvgIpc) is 3.85. The Morgan fingerprint density at radius 1 is 0.368 bits per heavy atom. The van der Waals surface area contributed by atoms with E-state index in [0.717, 1.165) is 44.5 Å². The fraction of sp³-hybridized carbons (Fsp3) is 0.0196. The van der Waals surface area contributed by atoms with Crippen LogP contribution in [-0.4, -0.2) is 19.9 Å². The van der Waals surface area contributed by atoms with Crippen LogP contribution in [0.5, 0.6) is 0 Å². The van der Waals surface area contributed by atoms with E-state index < -0.39 is 0 Å². The van der Waals surface area contributed by atoms with Crippen molar-refractivity contribution in [3.8, 4) is 67.5 Å². The van der Waals surface area contributed by atoms with Gasteiger partial charge >= 0.3 is 0 Å². The van der Waals surface area contributed by atoms with Crippen molar-refractivity contribution >= 4 is 63.0 Å². The second kappa shape index (κ2) is 13.7. The summed E-state index contributed by atoms with van der Waals surface area (Å²) in [6.07, 6.45) is 3.71. The fourth-order valence-corrected chi connectivity index (χ4v) is 10.5. The molecule has 0 N–H and O–H groups in total. The molecule has 11 aromatic rings. The normalized spacial score (nSPS) is 11.6. The Hall–Kier alpha value is -6.86. The van der Waals surface area contributed by atoms with Gasteiger partial charge in [-0.2, -0.15) is 0 Å². The molecular weight excluding hydrogens is 733 g/mol. The Morgan fingerprint density at radius 3 is 1.49 bits per heavy atom. The molecule has 0 fully saturated rings. The van der Waals surface area contributed by atoms with Crippen molar-refractivity contribution in [3.63, 3.8) is 0 Å². The maximum atomic E-state index is 5.28. The summed E-state index contributed by atoms with van der Waals surface area (Å²) in [6, 6.07) is 58.3. The van der Waals surface area contributed by atoms with E-state index in [1.165, 1.54) is 51.5 Å². The smallest absolute Gasteiger partial charge is 0.164 e. The lowest BCUT2D eigenvalue weighted by Gasteiger charge is -2.14. The van der Waals surface area contributed by atoms with Crippen LogP contribution >= 0.6 is 22.7 Å². The minimum atomic E-state index is 0.628. The monoisotopic (exact) mass is 764 g/mol. The second-order valence-electron chi connectivity index (χ2n) is 14.3. The summed E-state index contributed by atoms with van der Waals surface area (Å²) in [6.45, 7) is 2.13. The van der Waals surface area contributed by atoms with Gasteiger partial charge in [0.25, 0.3) is 0 Å². The van der Waals surface area contributed by atoms with Crippen molar-refractivity contribution in [2.75, 3.05) is 0 Å². The SMILES string of the molecule is Cc1cc(-c2nc(-c3ccccc3)nc(-c3cc(-c4cccc5c4sc4ccccc45)cc(-c4cccc5c4sc4ccccc45)c3)n2)ccc1-c1cccnc1. The van der Waals surface area contributed by atoms with E-state index in [9.17, 15) is 0 Å². The van der Waals surface area contributed by atoms with E-state index in [4.69, 9.17) is 15.0 Å². The number of rotatable bonds is 6. The number of hydrogen-bond acceptors (Lipinski definition) is 6. The molecule has 0 aliphatic heterocycles. The number of pyridine rings is 1. The quantitative estimate of drug-likeness (QED) is 0.169. The molecule has 6 heteroatoms. The zero-order valence-corrected chi connectivity index (χ0v) is 32.5. The molecule has 11 rings (SSSR count). The summed E-state index contributed by atoms with van der Waals surface area (Å²) in [5.74, 6) is 1.89. The van der Waals surface area contributed by atoms with E-state index in [1.54, 1.807) is 6.20 Å². The lowest BCUT2D eigenvalue weighted by Crippen LogP contribution is -2.01. The molecule has 268 valence electrons. The summed E-state index contributed by atoms with van der Waals surface area (Å²) in [7, 11) is 0. The molecule has 0 radical (unpaired) electrons. The third-order valence-electron chi connectivity index (χ3n) is 10.7. The first-order chi connectivity index (χ1) is 28.1. The van der Waals surface area contributed by atoms with Gasteiger partial charge in [-0.15, -0.1) is 22.7 Å². The van der Waals surface area contributed by atoms with Crippen LogP contribution < -0.4 is 0 Å². The van der Waals surface area contributed by atoms with Gasteiger partial charge in [-0.1, -0.05) is 121 Å². The van der Waals surface area contributed by atoms with E-state index in [2.05, 4.69) is 151 Å². The van der Waals surface area contributed by atoms with E-state index in [1.807, 2.05) is 53.1 Å². The summed E-state index contributed by atoms with van der Waals surface area (Å²) >= 11 is 3.70. The van der Waals surface area contributed by atoms with E-state index >= 15 is 0 Å². The third-order valence-corrected chi connectivity index (χ3v) is 13.2.